The molecular weight excluding hydrogens is 266 g/mol. The van der Waals surface area contributed by atoms with Gasteiger partial charge in [0.15, 0.2) is 0 Å². The van der Waals surface area contributed by atoms with Crippen molar-refractivity contribution < 1.29 is 9.53 Å². The first-order valence-electron chi connectivity index (χ1n) is 5.98. The second kappa shape index (κ2) is 7.01. The molecule has 0 aliphatic heterocycles. The van der Waals surface area contributed by atoms with Gasteiger partial charge in [0.25, 0.3) is 0 Å². The van der Waals surface area contributed by atoms with Crippen LogP contribution in [0.5, 0.6) is 0 Å². The van der Waals surface area contributed by atoms with E-state index in [0.29, 0.717) is 13.2 Å². The zero-order valence-corrected chi connectivity index (χ0v) is 11.5. The second-order valence-electron chi connectivity index (χ2n) is 3.96. The fourth-order valence-electron chi connectivity index (χ4n) is 1.90. The molecule has 1 heterocycles. The highest BCUT2D eigenvalue weighted by molar-refractivity contribution is 5.91. The molecule has 2 rings (SSSR count). The fraction of sp³-hybridized carbons (Fsp3) is 0.308. The van der Waals surface area contributed by atoms with Crippen LogP contribution in [-0.2, 0) is 11.2 Å². The number of nitrogens with one attached hydrogen (secondary N) is 2. The molecule has 1 aromatic carbocycles. The number of benzene rings is 1. The van der Waals surface area contributed by atoms with Crippen molar-refractivity contribution in [3.05, 3.63) is 30.0 Å². The predicted octanol–water partition coefficient (Wildman–Crippen LogP) is 2.66. The number of aromatic nitrogens is 1. The predicted molar refractivity (Wildman–Crippen MR) is 78.9 cm³/mol. The maximum atomic E-state index is 11.3. The summed E-state index contributed by atoms with van der Waals surface area (Å²) in [5, 5.41) is 3.77. The summed E-state index contributed by atoms with van der Waals surface area (Å²) in [6.45, 7) is 2.73. The summed E-state index contributed by atoms with van der Waals surface area (Å²) in [5.41, 5.74) is 8.47. The maximum Gasteiger partial charge on any atom is 0.411 e. The summed E-state index contributed by atoms with van der Waals surface area (Å²) in [4.78, 5) is 14.5. The van der Waals surface area contributed by atoms with Gasteiger partial charge in [0, 0.05) is 22.8 Å². The van der Waals surface area contributed by atoms with Crippen LogP contribution in [0.4, 0.5) is 10.5 Å². The number of amides is 1. The van der Waals surface area contributed by atoms with Crippen LogP contribution < -0.4 is 11.1 Å². The minimum atomic E-state index is -0.437. The molecular formula is C13H18ClN3O2. The van der Waals surface area contributed by atoms with Crippen LogP contribution in [-0.4, -0.2) is 24.2 Å². The van der Waals surface area contributed by atoms with Crippen LogP contribution in [0.2, 0.25) is 0 Å². The molecule has 0 bridgehead atoms. The highest BCUT2D eigenvalue weighted by atomic mass is 35.5. The molecule has 0 atom stereocenters. The van der Waals surface area contributed by atoms with Crippen LogP contribution in [0.15, 0.2) is 24.4 Å². The Morgan fingerprint density at radius 3 is 2.95 bits per heavy atom. The van der Waals surface area contributed by atoms with E-state index in [1.54, 1.807) is 6.92 Å². The van der Waals surface area contributed by atoms with Gasteiger partial charge in [-0.3, -0.25) is 5.32 Å². The van der Waals surface area contributed by atoms with E-state index in [4.69, 9.17) is 10.5 Å². The van der Waals surface area contributed by atoms with E-state index < -0.39 is 6.09 Å². The molecule has 0 spiro atoms. The molecule has 0 saturated carbocycles. The van der Waals surface area contributed by atoms with E-state index in [9.17, 15) is 4.79 Å². The number of hydrogen-bond donors (Lipinski definition) is 3. The van der Waals surface area contributed by atoms with Crippen molar-refractivity contribution in [1.82, 2.24) is 4.98 Å². The van der Waals surface area contributed by atoms with Crippen molar-refractivity contribution in [2.24, 2.45) is 5.73 Å². The number of fused-ring (bicyclic) bond motifs is 1. The number of carbonyl (C=O) groups excluding carboxylic acids is 1. The van der Waals surface area contributed by atoms with Gasteiger partial charge < -0.3 is 15.5 Å². The zero-order valence-electron chi connectivity index (χ0n) is 10.7. The van der Waals surface area contributed by atoms with E-state index in [-0.39, 0.29) is 12.4 Å². The summed E-state index contributed by atoms with van der Waals surface area (Å²) >= 11 is 0. The van der Waals surface area contributed by atoms with Gasteiger partial charge in [0.05, 0.1) is 6.61 Å². The Balaban J connectivity index is 0.00000180. The molecule has 5 nitrogen and oxygen atoms in total. The molecule has 0 aliphatic carbocycles. The van der Waals surface area contributed by atoms with Crippen LogP contribution in [0.3, 0.4) is 0 Å². The largest absolute Gasteiger partial charge is 0.450 e. The first-order valence-corrected chi connectivity index (χ1v) is 5.98. The number of aromatic amines is 1. The number of halogens is 1. The summed E-state index contributed by atoms with van der Waals surface area (Å²) in [5.74, 6) is 0. The Hall–Kier alpha value is -1.72. The highest BCUT2D eigenvalue weighted by Gasteiger charge is 2.06. The van der Waals surface area contributed by atoms with E-state index in [1.807, 2.05) is 24.4 Å². The zero-order chi connectivity index (χ0) is 13.0. The first kappa shape index (κ1) is 15.3. The molecule has 0 unspecified atom stereocenters. The number of rotatable bonds is 4. The van der Waals surface area contributed by atoms with Gasteiger partial charge in [-0.05, 0) is 43.7 Å². The Morgan fingerprint density at radius 2 is 2.26 bits per heavy atom. The molecule has 4 N–H and O–H groups in total. The molecule has 0 saturated heterocycles. The molecule has 0 fully saturated rings. The maximum absolute atomic E-state index is 11.3. The summed E-state index contributed by atoms with van der Waals surface area (Å²) in [6, 6.07) is 5.69. The van der Waals surface area contributed by atoms with Gasteiger partial charge in [-0.25, -0.2) is 4.79 Å². The van der Waals surface area contributed by atoms with Gasteiger partial charge in [0.2, 0.25) is 0 Å². The third kappa shape index (κ3) is 3.62. The van der Waals surface area contributed by atoms with E-state index in [2.05, 4.69) is 10.3 Å². The number of ether oxygens (including phenoxy) is 1. The van der Waals surface area contributed by atoms with E-state index >= 15 is 0 Å². The average Bonchev–Trinajstić information content (AvgIpc) is 2.73. The third-order valence-corrected chi connectivity index (χ3v) is 2.70. The number of carbonyl (C=O) groups is 1. The van der Waals surface area contributed by atoms with Crippen molar-refractivity contribution in [3.8, 4) is 0 Å². The Kier molecular flexibility index (Phi) is 5.66. The van der Waals surface area contributed by atoms with Crippen molar-refractivity contribution >= 4 is 35.1 Å². The topological polar surface area (TPSA) is 80.1 Å². The fourth-order valence-corrected chi connectivity index (χ4v) is 1.90. The monoisotopic (exact) mass is 283 g/mol. The van der Waals surface area contributed by atoms with Crippen LogP contribution in [0.1, 0.15) is 12.5 Å². The standard InChI is InChI=1S/C13H17N3O2.ClH/c1-2-18-13(17)16-10-3-4-12-11(7-10)9(5-6-14)8-15-12;/h3-4,7-8,15H,2,5-6,14H2,1H3,(H,16,17);1H. The first-order chi connectivity index (χ1) is 8.74. The third-order valence-electron chi connectivity index (χ3n) is 2.70. The Morgan fingerprint density at radius 1 is 1.47 bits per heavy atom. The summed E-state index contributed by atoms with van der Waals surface area (Å²) in [6.07, 6.45) is 2.32. The number of anilines is 1. The van der Waals surface area contributed by atoms with Gasteiger partial charge in [0.1, 0.15) is 0 Å². The molecule has 19 heavy (non-hydrogen) atoms. The summed E-state index contributed by atoms with van der Waals surface area (Å²) < 4.78 is 4.84. The molecule has 0 aliphatic rings. The average molecular weight is 284 g/mol. The van der Waals surface area contributed by atoms with Crippen molar-refractivity contribution in [3.63, 3.8) is 0 Å². The van der Waals surface area contributed by atoms with Crippen molar-refractivity contribution in [2.45, 2.75) is 13.3 Å². The van der Waals surface area contributed by atoms with Gasteiger partial charge in [-0.15, -0.1) is 12.4 Å². The lowest BCUT2D eigenvalue weighted by molar-refractivity contribution is 0.168. The molecule has 2 aromatic rings. The van der Waals surface area contributed by atoms with Crippen molar-refractivity contribution in [2.75, 3.05) is 18.5 Å². The lowest BCUT2D eigenvalue weighted by Crippen LogP contribution is -2.13. The SMILES string of the molecule is CCOC(=O)Nc1ccc2[nH]cc(CCN)c2c1.Cl. The molecule has 104 valence electrons. The lowest BCUT2D eigenvalue weighted by atomic mass is 10.1. The van der Waals surface area contributed by atoms with Crippen LogP contribution >= 0.6 is 12.4 Å². The highest BCUT2D eigenvalue weighted by Crippen LogP contribution is 2.22. The lowest BCUT2D eigenvalue weighted by Gasteiger charge is -2.05. The van der Waals surface area contributed by atoms with Gasteiger partial charge in [-0.1, -0.05) is 0 Å². The Bertz CT molecular complexity index is 554. The Labute approximate surface area is 117 Å². The quantitative estimate of drug-likeness (QED) is 0.807. The van der Waals surface area contributed by atoms with E-state index in [0.717, 1.165) is 28.6 Å². The molecule has 1 aromatic heterocycles. The molecule has 0 radical (unpaired) electrons. The minimum absolute atomic E-state index is 0. The molecule has 6 heteroatoms. The van der Waals surface area contributed by atoms with Gasteiger partial charge >= 0.3 is 6.09 Å². The second-order valence-corrected chi connectivity index (χ2v) is 3.96. The van der Waals surface area contributed by atoms with Gasteiger partial charge in [-0.2, -0.15) is 0 Å². The molecule has 1 amide bonds. The summed E-state index contributed by atoms with van der Waals surface area (Å²) in [7, 11) is 0. The number of hydrogen-bond acceptors (Lipinski definition) is 3. The van der Waals surface area contributed by atoms with E-state index in [1.165, 1.54) is 0 Å². The van der Waals surface area contributed by atoms with Crippen molar-refractivity contribution in [1.29, 1.82) is 0 Å². The minimum Gasteiger partial charge on any atom is -0.450 e. The smallest absolute Gasteiger partial charge is 0.411 e. The number of nitrogens with two attached hydrogens (primary N) is 1. The van der Waals surface area contributed by atoms with Crippen LogP contribution in [0.25, 0.3) is 10.9 Å². The van der Waals surface area contributed by atoms with Crippen LogP contribution in [0, 0.1) is 0 Å². The number of H-pyrrole nitrogens is 1. The normalized spacial score (nSPS) is 10.0.